The maximum atomic E-state index is 11.8. The van der Waals surface area contributed by atoms with E-state index in [0.717, 1.165) is 19.3 Å². The van der Waals surface area contributed by atoms with E-state index >= 15 is 0 Å². The summed E-state index contributed by atoms with van der Waals surface area (Å²) in [6, 6.07) is 0.482. The first-order valence-electron chi connectivity index (χ1n) is 9.06. The SMILES string of the molecule is CCOC(=O)N1CCC(NC(=NCC(=O)N(C)C)NC(C)CC)CC1.I. The van der Waals surface area contributed by atoms with Crippen LogP contribution in [0.1, 0.15) is 40.0 Å². The second-order valence-electron chi connectivity index (χ2n) is 6.51. The molecule has 152 valence electrons. The summed E-state index contributed by atoms with van der Waals surface area (Å²) >= 11 is 0. The molecule has 1 saturated heterocycles. The van der Waals surface area contributed by atoms with Gasteiger partial charge in [-0.1, -0.05) is 6.92 Å². The molecule has 0 aromatic rings. The van der Waals surface area contributed by atoms with Gasteiger partial charge in [-0.2, -0.15) is 0 Å². The standard InChI is InChI=1S/C17H33N5O3.HI/c1-6-13(3)19-16(18-12-15(23)21(4)5)20-14-8-10-22(11-9-14)17(24)25-7-2;/h13-14H,6-12H2,1-5H3,(H2,18,19,20);1H. The zero-order valence-corrected chi connectivity index (χ0v) is 18.9. The highest BCUT2D eigenvalue weighted by Crippen LogP contribution is 2.11. The Morgan fingerprint density at radius 1 is 1.27 bits per heavy atom. The van der Waals surface area contributed by atoms with Crippen molar-refractivity contribution >= 4 is 41.9 Å². The number of ether oxygens (including phenoxy) is 1. The van der Waals surface area contributed by atoms with Gasteiger partial charge in [0.05, 0.1) is 6.61 Å². The molecule has 0 saturated carbocycles. The first kappa shape index (κ1) is 24.7. The number of hydrogen-bond donors (Lipinski definition) is 2. The van der Waals surface area contributed by atoms with Crippen LogP contribution in [0.4, 0.5) is 4.79 Å². The van der Waals surface area contributed by atoms with Crippen molar-refractivity contribution in [3.05, 3.63) is 0 Å². The van der Waals surface area contributed by atoms with Gasteiger partial charge in [-0.05, 0) is 33.1 Å². The summed E-state index contributed by atoms with van der Waals surface area (Å²) in [5, 5.41) is 6.72. The Morgan fingerprint density at radius 2 is 1.88 bits per heavy atom. The molecule has 0 aromatic heterocycles. The minimum Gasteiger partial charge on any atom is -0.450 e. The quantitative estimate of drug-likeness (QED) is 0.341. The number of carbonyl (C=O) groups is 2. The number of nitrogens with one attached hydrogen (secondary N) is 2. The number of carbonyl (C=O) groups excluding carboxylic acids is 2. The van der Waals surface area contributed by atoms with Crippen molar-refractivity contribution in [1.82, 2.24) is 20.4 Å². The van der Waals surface area contributed by atoms with Crippen LogP contribution < -0.4 is 10.6 Å². The van der Waals surface area contributed by atoms with Gasteiger partial charge in [-0.3, -0.25) is 4.79 Å². The van der Waals surface area contributed by atoms with E-state index in [1.165, 1.54) is 4.90 Å². The van der Waals surface area contributed by atoms with E-state index in [4.69, 9.17) is 4.74 Å². The van der Waals surface area contributed by atoms with Crippen LogP contribution in [-0.2, 0) is 9.53 Å². The number of halogens is 1. The minimum atomic E-state index is -0.246. The molecule has 1 heterocycles. The highest BCUT2D eigenvalue weighted by atomic mass is 127. The van der Waals surface area contributed by atoms with Crippen molar-refractivity contribution in [2.45, 2.75) is 52.1 Å². The molecule has 0 aliphatic carbocycles. The van der Waals surface area contributed by atoms with Crippen LogP contribution in [0.5, 0.6) is 0 Å². The number of amides is 2. The largest absolute Gasteiger partial charge is 0.450 e. The minimum absolute atomic E-state index is 0. The highest BCUT2D eigenvalue weighted by Gasteiger charge is 2.24. The lowest BCUT2D eigenvalue weighted by Crippen LogP contribution is -2.51. The molecule has 1 unspecified atom stereocenters. The van der Waals surface area contributed by atoms with Gasteiger partial charge in [0, 0.05) is 39.3 Å². The van der Waals surface area contributed by atoms with Crippen LogP contribution in [0.3, 0.4) is 0 Å². The number of likely N-dealkylation sites (tertiary alicyclic amines) is 1. The van der Waals surface area contributed by atoms with Gasteiger partial charge in [0.2, 0.25) is 5.91 Å². The molecule has 26 heavy (non-hydrogen) atoms. The van der Waals surface area contributed by atoms with E-state index in [0.29, 0.717) is 25.7 Å². The zero-order chi connectivity index (χ0) is 18.8. The molecule has 1 fully saturated rings. The summed E-state index contributed by atoms with van der Waals surface area (Å²) in [4.78, 5) is 31.2. The number of piperidine rings is 1. The van der Waals surface area contributed by atoms with E-state index in [1.807, 2.05) is 6.92 Å². The summed E-state index contributed by atoms with van der Waals surface area (Å²) in [7, 11) is 3.44. The fraction of sp³-hybridized carbons (Fsp3) is 0.824. The van der Waals surface area contributed by atoms with E-state index in [-0.39, 0.29) is 54.6 Å². The van der Waals surface area contributed by atoms with E-state index in [9.17, 15) is 9.59 Å². The van der Waals surface area contributed by atoms with Crippen molar-refractivity contribution in [2.75, 3.05) is 40.3 Å². The van der Waals surface area contributed by atoms with Crippen molar-refractivity contribution in [1.29, 1.82) is 0 Å². The zero-order valence-electron chi connectivity index (χ0n) is 16.6. The Labute approximate surface area is 174 Å². The number of aliphatic imine (C=N–C) groups is 1. The Bertz CT molecular complexity index is 465. The second kappa shape index (κ2) is 13.0. The van der Waals surface area contributed by atoms with E-state index in [2.05, 4.69) is 29.5 Å². The van der Waals surface area contributed by atoms with Gasteiger partial charge in [0.15, 0.2) is 5.96 Å². The van der Waals surface area contributed by atoms with Crippen LogP contribution in [0.25, 0.3) is 0 Å². The predicted molar refractivity (Wildman–Crippen MR) is 114 cm³/mol. The first-order chi connectivity index (χ1) is 11.9. The summed E-state index contributed by atoms with van der Waals surface area (Å²) in [6.45, 7) is 7.80. The van der Waals surface area contributed by atoms with Crippen molar-refractivity contribution < 1.29 is 14.3 Å². The average molecular weight is 483 g/mol. The van der Waals surface area contributed by atoms with Gasteiger partial charge in [0.25, 0.3) is 0 Å². The van der Waals surface area contributed by atoms with Crippen LogP contribution >= 0.6 is 24.0 Å². The molecule has 9 heteroatoms. The maximum absolute atomic E-state index is 11.8. The van der Waals surface area contributed by atoms with Crippen LogP contribution in [-0.4, -0.2) is 80.2 Å². The third-order valence-corrected chi connectivity index (χ3v) is 4.23. The molecule has 2 amide bonds. The highest BCUT2D eigenvalue weighted by molar-refractivity contribution is 14.0. The third-order valence-electron chi connectivity index (χ3n) is 4.23. The molecule has 0 aromatic carbocycles. The summed E-state index contributed by atoms with van der Waals surface area (Å²) in [6.07, 6.45) is 2.36. The first-order valence-corrected chi connectivity index (χ1v) is 9.06. The molecule has 1 atom stereocenters. The van der Waals surface area contributed by atoms with E-state index < -0.39 is 0 Å². The Hall–Kier alpha value is -1.26. The molecule has 0 radical (unpaired) electrons. The van der Waals surface area contributed by atoms with Gasteiger partial charge < -0.3 is 25.2 Å². The van der Waals surface area contributed by atoms with Crippen molar-refractivity contribution in [3.8, 4) is 0 Å². The lowest BCUT2D eigenvalue weighted by atomic mass is 10.1. The second-order valence-corrected chi connectivity index (χ2v) is 6.51. The number of hydrogen-bond acceptors (Lipinski definition) is 4. The molecule has 1 aliphatic rings. The van der Waals surface area contributed by atoms with Crippen molar-refractivity contribution in [2.24, 2.45) is 4.99 Å². The summed E-state index contributed by atoms with van der Waals surface area (Å²) in [5.41, 5.74) is 0. The third kappa shape index (κ3) is 8.91. The van der Waals surface area contributed by atoms with Gasteiger partial charge >= 0.3 is 6.09 Å². The number of guanidine groups is 1. The lowest BCUT2D eigenvalue weighted by Gasteiger charge is -2.32. The van der Waals surface area contributed by atoms with Crippen molar-refractivity contribution in [3.63, 3.8) is 0 Å². The Balaban J connectivity index is 0.00000625. The monoisotopic (exact) mass is 483 g/mol. The number of nitrogens with zero attached hydrogens (tertiary/aromatic N) is 3. The van der Waals surface area contributed by atoms with Crippen LogP contribution in [0.2, 0.25) is 0 Å². The van der Waals surface area contributed by atoms with Crippen LogP contribution in [0.15, 0.2) is 4.99 Å². The number of likely N-dealkylation sites (N-methyl/N-ethyl adjacent to an activating group) is 1. The molecule has 2 N–H and O–H groups in total. The predicted octanol–water partition coefficient (Wildman–Crippen LogP) is 1.65. The fourth-order valence-electron chi connectivity index (χ4n) is 2.37. The molecular weight excluding hydrogens is 449 g/mol. The van der Waals surface area contributed by atoms with Crippen LogP contribution in [0, 0.1) is 0 Å². The van der Waals surface area contributed by atoms with E-state index in [1.54, 1.807) is 19.0 Å². The Kier molecular flexibility index (Phi) is 12.4. The van der Waals surface area contributed by atoms with Gasteiger partial charge in [-0.25, -0.2) is 9.79 Å². The van der Waals surface area contributed by atoms with Gasteiger partial charge in [-0.15, -0.1) is 24.0 Å². The Morgan fingerprint density at radius 3 is 2.38 bits per heavy atom. The molecule has 1 rings (SSSR count). The smallest absolute Gasteiger partial charge is 0.409 e. The average Bonchev–Trinajstić information content (AvgIpc) is 2.59. The normalized spacial score (nSPS) is 16.3. The topological polar surface area (TPSA) is 86.3 Å². The lowest BCUT2D eigenvalue weighted by molar-refractivity contribution is -0.127. The molecule has 1 aliphatic heterocycles. The molecule has 0 bridgehead atoms. The maximum Gasteiger partial charge on any atom is 0.409 e. The summed E-state index contributed by atoms with van der Waals surface area (Å²) < 4.78 is 5.04. The molecule has 8 nitrogen and oxygen atoms in total. The number of rotatable bonds is 6. The van der Waals surface area contributed by atoms with Gasteiger partial charge in [0.1, 0.15) is 6.54 Å². The fourth-order valence-corrected chi connectivity index (χ4v) is 2.37. The molecule has 0 spiro atoms. The molecular formula is C17H34IN5O3. The summed E-state index contributed by atoms with van der Waals surface area (Å²) in [5.74, 6) is 0.613.